The van der Waals surface area contributed by atoms with Gasteiger partial charge in [-0.2, -0.15) is 8.42 Å². The van der Waals surface area contributed by atoms with Crippen LogP contribution in [-0.2, 0) is 15.4 Å². The van der Waals surface area contributed by atoms with E-state index in [0.717, 1.165) is 5.56 Å². The van der Waals surface area contributed by atoms with Crippen LogP contribution in [-0.4, -0.2) is 31.2 Å². The van der Waals surface area contributed by atoms with Crippen LogP contribution in [0.3, 0.4) is 0 Å². The molecule has 0 bridgehead atoms. The van der Waals surface area contributed by atoms with Crippen LogP contribution in [0.4, 0.5) is 0 Å². The number of carbonyl (C=O) groups excluding carboxylic acids is 1. The van der Waals surface area contributed by atoms with Gasteiger partial charge in [0.15, 0.2) is 0 Å². The lowest BCUT2D eigenvalue weighted by Gasteiger charge is -2.05. The maximum Gasteiger partial charge on any atom is 0.266 e. The average Bonchev–Trinajstić information content (AvgIpc) is 2.27. The molecule has 0 radical (unpaired) electrons. The minimum Gasteiger partial charge on any atom is -0.351 e. The van der Waals surface area contributed by atoms with E-state index in [1.165, 1.54) is 0 Å². The highest BCUT2D eigenvalue weighted by molar-refractivity contribution is 9.08. The molecule has 2 N–H and O–H groups in total. The third-order valence-electron chi connectivity index (χ3n) is 1.99. The molecular formula is C10H12BrNO4S. The van der Waals surface area contributed by atoms with E-state index < -0.39 is 15.9 Å². The Labute approximate surface area is 108 Å². The fraction of sp³-hybridized carbons (Fsp3) is 0.300. The fourth-order valence-corrected chi connectivity index (χ4v) is 1.90. The summed E-state index contributed by atoms with van der Waals surface area (Å²) in [6, 6.07) is 6.95. The first-order valence-electron chi connectivity index (χ1n) is 4.80. The lowest BCUT2D eigenvalue weighted by Crippen LogP contribution is -2.28. The quantitative estimate of drug-likeness (QED) is 0.630. The van der Waals surface area contributed by atoms with Crippen molar-refractivity contribution >= 4 is 32.0 Å². The van der Waals surface area contributed by atoms with Crippen molar-refractivity contribution in [3.05, 3.63) is 35.4 Å². The number of hydrogen-bond donors (Lipinski definition) is 2. The van der Waals surface area contributed by atoms with E-state index in [9.17, 15) is 13.2 Å². The predicted molar refractivity (Wildman–Crippen MR) is 67.8 cm³/mol. The van der Waals surface area contributed by atoms with Crippen LogP contribution in [0.15, 0.2) is 24.3 Å². The molecule has 0 heterocycles. The van der Waals surface area contributed by atoms with Gasteiger partial charge in [0, 0.05) is 17.4 Å². The molecular weight excluding hydrogens is 310 g/mol. The van der Waals surface area contributed by atoms with Crippen LogP contribution in [0, 0.1) is 0 Å². The summed E-state index contributed by atoms with van der Waals surface area (Å²) < 4.78 is 29.4. The van der Waals surface area contributed by atoms with Gasteiger partial charge >= 0.3 is 0 Å². The van der Waals surface area contributed by atoms with Gasteiger partial charge in [0.05, 0.1) is 5.75 Å². The number of benzene rings is 1. The molecule has 1 aromatic rings. The van der Waals surface area contributed by atoms with Gasteiger partial charge in [-0.05, 0) is 17.7 Å². The number of amides is 1. The van der Waals surface area contributed by atoms with E-state index in [1.54, 1.807) is 18.2 Å². The standard InChI is InChI=1S/C10H12BrNO4S/c11-7-8-2-1-3-9(6-8)10(13)12-4-5-17(14,15)16/h1-3,6H,4-5,7H2,(H,12,13)(H,14,15,16). The fourth-order valence-electron chi connectivity index (χ4n) is 1.19. The van der Waals surface area contributed by atoms with Crippen molar-refractivity contribution < 1.29 is 17.8 Å². The van der Waals surface area contributed by atoms with E-state index in [4.69, 9.17) is 4.55 Å². The Morgan fingerprint density at radius 3 is 2.71 bits per heavy atom. The molecule has 5 nitrogen and oxygen atoms in total. The smallest absolute Gasteiger partial charge is 0.266 e. The second-order valence-electron chi connectivity index (χ2n) is 3.38. The summed E-state index contributed by atoms with van der Waals surface area (Å²) in [5.74, 6) is -0.854. The molecule has 17 heavy (non-hydrogen) atoms. The van der Waals surface area contributed by atoms with Crippen LogP contribution >= 0.6 is 15.9 Å². The molecule has 0 unspecified atom stereocenters. The SMILES string of the molecule is O=C(NCCS(=O)(=O)O)c1cccc(CBr)c1. The molecule has 0 aliphatic carbocycles. The summed E-state index contributed by atoms with van der Waals surface area (Å²) in [7, 11) is -4.04. The molecule has 0 aromatic heterocycles. The summed E-state index contributed by atoms with van der Waals surface area (Å²) in [6.45, 7) is -0.115. The van der Waals surface area contributed by atoms with Crippen LogP contribution in [0.1, 0.15) is 15.9 Å². The van der Waals surface area contributed by atoms with E-state index >= 15 is 0 Å². The number of nitrogens with one attached hydrogen (secondary N) is 1. The monoisotopic (exact) mass is 321 g/mol. The highest BCUT2D eigenvalue weighted by Crippen LogP contribution is 2.08. The van der Waals surface area contributed by atoms with E-state index in [2.05, 4.69) is 21.2 Å². The Hall–Kier alpha value is -0.920. The molecule has 1 rings (SSSR count). The largest absolute Gasteiger partial charge is 0.351 e. The van der Waals surface area contributed by atoms with Gasteiger partial charge in [-0.25, -0.2) is 0 Å². The maximum absolute atomic E-state index is 11.6. The molecule has 0 spiro atoms. The first kappa shape index (κ1) is 14.1. The lowest BCUT2D eigenvalue weighted by molar-refractivity contribution is 0.0956. The summed E-state index contributed by atoms with van der Waals surface area (Å²) in [5.41, 5.74) is 1.41. The third-order valence-corrected chi connectivity index (χ3v) is 3.36. The number of carbonyl (C=O) groups is 1. The van der Waals surface area contributed by atoms with Gasteiger partial charge < -0.3 is 5.32 Å². The van der Waals surface area contributed by atoms with Crippen molar-refractivity contribution in [1.29, 1.82) is 0 Å². The minimum absolute atomic E-state index is 0.115. The number of hydrogen-bond acceptors (Lipinski definition) is 3. The zero-order valence-corrected chi connectivity index (χ0v) is 11.3. The van der Waals surface area contributed by atoms with Gasteiger partial charge in [0.1, 0.15) is 0 Å². The second-order valence-corrected chi connectivity index (χ2v) is 5.51. The summed E-state index contributed by atoms with van der Waals surface area (Å²) in [4.78, 5) is 11.6. The Balaban J connectivity index is 2.58. The van der Waals surface area contributed by atoms with Crippen LogP contribution in [0.25, 0.3) is 0 Å². The highest BCUT2D eigenvalue weighted by Gasteiger charge is 2.08. The molecule has 0 saturated heterocycles. The second kappa shape index (κ2) is 6.13. The summed E-state index contributed by atoms with van der Waals surface area (Å²) >= 11 is 3.28. The van der Waals surface area contributed by atoms with Gasteiger partial charge in [0.2, 0.25) is 0 Å². The van der Waals surface area contributed by atoms with Gasteiger partial charge in [-0.15, -0.1) is 0 Å². The van der Waals surface area contributed by atoms with Crippen molar-refractivity contribution in [2.24, 2.45) is 0 Å². The van der Waals surface area contributed by atoms with Gasteiger partial charge in [-0.1, -0.05) is 28.1 Å². The van der Waals surface area contributed by atoms with E-state index in [-0.39, 0.29) is 12.5 Å². The van der Waals surface area contributed by atoms with Crippen LogP contribution in [0.2, 0.25) is 0 Å². The number of rotatable bonds is 5. The molecule has 7 heteroatoms. The lowest BCUT2D eigenvalue weighted by atomic mass is 10.1. The molecule has 0 aliphatic rings. The Morgan fingerprint density at radius 2 is 2.12 bits per heavy atom. The van der Waals surface area contributed by atoms with Crippen molar-refractivity contribution in [3.8, 4) is 0 Å². The normalized spacial score (nSPS) is 11.2. The maximum atomic E-state index is 11.6. The first-order valence-corrected chi connectivity index (χ1v) is 7.54. The van der Waals surface area contributed by atoms with Crippen molar-refractivity contribution in [3.63, 3.8) is 0 Å². The van der Waals surface area contributed by atoms with Crippen molar-refractivity contribution in [1.82, 2.24) is 5.32 Å². The minimum atomic E-state index is -4.04. The molecule has 94 valence electrons. The number of halogens is 1. The number of alkyl halides is 1. The Kier molecular flexibility index (Phi) is 5.10. The molecule has 0 atom stereocenters. The molecule has 1 amide bonds. The first-order chi connectivity index (χ1) is 7.92. The van der Waals surface area contributed by atoms with Gasteiger partial charge in [-0.3, -0.25) is 9.35 Å². The highest BCUT2D eigenvalue weighted by atomic mass is 79.9. The van der Waals surface area contributed by atoms with E-state index in [1.807, 2.05) is 6.07 Å². The zero-order valence-electron chi connectivity index (χ0n) is 8.89. The van der Waals surface area contributed by atoms with Crippen molar-refractivity contribution in [2.75, 3.05) is 12.3 Å². The molecule has 1 aromatic carbocycles. The molecule has 0 fully saturated rings. The summed E-state index contributed by atoms with van der Waals surface area (Å²) in [5, 5.41) is 3.05. The zero-order chi connectivity index (χ0) is 12.9. The Bertz CT molecular complexity index is 501. The predicted octanol–water partition coefficient (Wildman–Crippen LogP) is 1.20. The van der Waals surface area contributed by atoms with Crippen molar-refractivity contribution in [2.45, 2.75) is 5.33 Å². The summed E-state index contributed by atoms with van der Waals surface area (Å²) in [6.07, 6.45) is 0. The molecule has 0 aliphatic heterocycles. The Morgan fingerprint density at radius 1 is 1.41 bits per heavy atom. The van der Waals surface area contributed by atoms with Crippen LogP contribution < -0.4 is 5.32 Å². The topological polar surface area (TPSA) is 83.5 Å². The van der Waals surface area contributed by atoms with Gasteiger partial charge in [0.25, 0.3) is 16.0 Å². The average molecular weight is 322 g/mol. The third kappa shape index (κ3) is 5.29. The molecule has 0 saturated carbocycles. The van der Waals surface area contributed by atoms with E-state index in [0.29, 0.717) is 10.9 Å². The van der Waals surface area contributed by atoms with Crippen LogP contribution in [0.5, 0.6) is 0 Å².